The molecule has 2 heterocycles. The number of benzene rings is 1. The van der Waals surface area contributed by atoms with Crippen LogP contribution in [0.15, 0.2) is 24.3 Å². The molecule has 2 fully saturated rings. The van der Waals surface area contributed by atoms with Crippen molar-refractivity contribution >= 4 is 5.78 Å². The topological polar surface area (TPSA) is 20.3 Å². The molecule has 2 saturated heterocycles. The Balaban J connectivity index is 1.81. The Morgan fingerprint density at radius 1 is 1.22 bits per heavy atom. The van der Waals surface area contributed by atoms with Gasteiger partial charge in [0.05, 0.1) is 5.56 Å². The summed E-state index contributed by atoms with van der Waals surface area (Å²) in [7, 11) is 2.14. The van der Waals surface area contributed by atoms with Crippen LogP contribution in [0.2, 0.25) is 0 Å². The first-order valence-corrected chi connectivity index (χ1v) is 6.67. The van der Waals surface area contributed by atoms with Crippen LogP contribution in [0, 0.1) is 11.7 Å². The summed E-state index contributed by atoms with van der Waals surface area (Å²) in [4.78, 5) is 14.8. The maximum atomic E-state index is 13.7. The highest BCUT2D eigenvalue weighted by Gasteiger charge is 2.41. The molecule has 2 nitrogen and oxygen atoms in total. The molecule has 2 unspecified atom stereocenters. The first-order chi connectivity index (χ1) is 8.66. The number of Topliss-reactive ketones (excluding diaryl/α,β-unsaturated/α-hetero) is 1. The number of piperidine rings is 1. The molecule has 2 bridgehead atoms. The van der Waals surface area contributed by atoms with Gasteiger partial charge in [-0.1, -0.05) is 12.1 Å². The van der Waals surface area contributed by atoms with Crippen molar-refractivity contribution in [3.05, 3.63) is 35.6 Å². The van der Waals surface area contributed by atoms with Crippen LogP contribution in [0.3, 0.4) is 0 Å². The first kappa shape index (κ1) is 11.8. The van der Waals surface area contributed by atoms with E-state index in [1.807, 2.05) is 0 Å². The largest absolute Gasteiger partial charge is 0.300 e. The van der Waals surface area contributed by atoms with E-state index in [1.54, 1.807) is 18.2 Å². The molecule has 96 valence electrons. The molecule has 0 amide bonds. The Labute approximate surface area is 107 Å². The molecule has 0 radical (unpaired) electrons. The van der Waals surface area contributed by atoms with E-state index in [9.17, 15) is 9.18 Å². The molecule has 1 aromatic carbocycles. The van der Waals surface area contributed by atoms with Gasteiger partial charge in [0.1, 0.15) is 5.82 Å². The molecule has 2 aliphatic rings. The van der Waals surface area contributed by atoms with Gasteiger partial charge >= 0.3 is 0 Å². The van der Waals surface area contributed by atoms with Crippen LogP contribution >= 0.6 is 0 Å². The molecule has 0 aliphatic carbocycles. The zero-order valence-corrected chi connectivity index (χ0v) is 10.6. The highest BCUT2D eigenvalue weighted by molar-refractivity contribution is 5.98. The van der Waals surface area contributed by atoms with Crippen molar-refractivity contribution in [2.45, 2.75) is 37.8 Å². The minimum atomic E-state index is -0.381. The lowest BCUT2D eigenvalue weighted by Crippen LogP contribution is -2.42. The van der Waals surface area contributed by atoms with Crippen molar-refractivity contribution in [1.29, 1.82) is 0 Å². The summed E-state index contributed by atoms with van der Waals surface area (Å²) < 4.78 is 13.7. The fraction of sp³-hybridized carbons (Fsp3) is 0.533. The highest BCUT2D eigenvalue weighted by Crippen LogP contribution is 2.38. The van der Waals surface area contributed by atoms with Crippen molar-refractivity contribution in [2.75, 3.05) is 7.05 Å². The van der Waals surface area contributed by atoms with Crippen molar-refractivity contribution in [3.63, 3.8) is 0 Å². The molecule has 2 aliphatic heterocycles. The predicted octanol–water partition coefficient (Wildman–Crippen LogP) is 2.88. The second-order valence-electron chi connectivity index (χ2n) is 5.56. The summed E-state index contributed by atoms with van der Waals surface area (Å²) in [6.07, 6.45) is 4.14. The van der Waals surface area contributed by atoms with Crippen molar-refractivity contribution in [3.8, 4) is 0 Å². The average Bonchev–Trinajstić information content (AvgIpc) is 2.61. The molecule has 2 atom stereocenters. The normalized spacial score (nSPS) is 31.6. The van der Waals surface area contributed by atoms with Crippen molar-refractivity contribution in [1.82, 2.24) is 4.90 Å². The quantitative estimate of drug-likeness (QED) is 0.749. The minimum absolute atomic E-state index is 0.00176. The first-order valence-electron chi connectivity index (χ1n) is 6.67. The zero-order chi connectivity index (χ0) is 12.7. The monoisotopic (exact) mass is 247 g/mol. The third-order valence-corrected chi connectivity index (χ3v) is 4.61. The molecule has 0 saturated carbocycles. The third kappa shape index (κ3) is 1.87. The summed E-state index contributed by atoms with van der Waals surface area (Å²) >= 11 is 0. The second kappa shape index (κ2) is 4.47. The number of hydrogen-bond acceptors (Lipinski definition) is 2. The Morgan fingerprint density at radius 3 is 2.44 bits per heavy atom. The lowest BCUT2D eigenvalue weighted by atomic mass is 9.85. The Kier molecular flexibility index (Phi) is 2.94. The standard InChI is InChI=1S/C15H18FNO/c1-17-11-6-7-12(17)9-10(8-11)15(18)13-4-2-3-5-14(13)16/h2-5,10-12H,6-9H2,1H3. The zero-order valence-electron chi connectivity index (χ0n) is 10.6. The lowest BCUT2D eigenvalue weighted by Gasteiger charge is -2.35. The van der Waals surface area contributed by atoms with Gasteiger partial charge in [0.25, 0.3) is 0 Å². The van der Waals surface area contributed by atoms with Gasteiger partial charge in [-0.3, -0.25) is 4.79 Å². The number of carbonyl (C=O) groups is 1. The van der Waals surface area contributed by atoms with E-state index in [0.717, 1.165) is 12.8 Å². The molecule has 3 rings (SSSR count). The fourth-order valence-electron chi connectivity index (χ4n) is 3.51. The molecule has 0 spiro atoms. The predicted molar refractivity (Wildman–Crippen MR) is 68.0 cm³/mol. The molecule has 1 aromatic rings. The fourth-order valence-corrected chi connectivity index (χ4v) is 3.51. The van der Waals surface area contributed by atoms with Crippen LogP contribution in [0.25, 0.3) is 0 Å². The number of hydrogen-bond donors (Lipinski definition) is 0. The van der Waals surface area contributed by atoms with E-state index in [0.29, 0.717) is 12.1 Å². The minimum Gasteiger partial charge on any atom is -0.300 e. The molecule has 0 aromatic heterocycles. The van der Waals surface area contributed by atoms with Crippen LogP contribution in [-0.2, 0) is 0 Å². The van der Waals surface area contributed by atoms with Gasteiger partial charge in [-0.25, -0.2) is 4.39 Å². The smallest absolute Gasteiger partial charge is 0.169 e. The number of halogens is 1. The van der Waals surface area contributed by atoms with E-state index >= 15 is 0 Å². The second-order valence-corrected chi connectivity index (χ2v) is 5.56. The van der Waals surface area contributed by atoms with Gasteiger partial charge in [0.15, 0.2) is 5.78 Å². The number of rotatable bonds is 2. The van der Waals surface area contributed by atoms with Crippen LogP contribution in [0.5, 0.6) is 0 Å². The van der Waals surface area contributed by atoms with Crippen LogP contribution in [0.1, 0.15) is 36.0 Å². The van der Waals surface area contributed by atoms with E-state index in [-0.39, 0.29) is 23.1 Å². The van der Waals surface area contributed by atoms with Crippen LogP contribution in [-0.4, -0.2) is 29.8 Å². The van der Waals surface area contributed by atoms with Crippen LogP contribution < -0.4 is 0 Å². The molecular formula is C15H18FNO. The summed E-state index contributed by atoms with van der Waals surface area (Å²) in [6.45, 7) is 0. The number of carbonyl (C=O) groups excluding carboxylic acids is 1. The molecule has 0 N–H and O–H groups in total. The van der Waals surface area contributed by atoms with E-state index < -0.39 is 0 Å². The lowest BCUT2D eigenvalue weighted by molar-refractivity contribution is 0.0763. The van der Waals surface area contributed by atoms with Crippen LogP contribution in [0.4, 0.5) is 4.39 Å². The van der Waals surface area contributed by atoms with Gasteiger partial charge in [-0.2, -0.15) is 0 Å². The van der Waals surface area contributed by atoms with Gasteiger partial charge in [0, 0.05) is 18.0 Å². The van der Waals surface area contributed by atoms with E-state index in [2.05, 4.69) is 11.9 Å². The SMILES string of the molecule is CN1C2CCC1CC(C(=O)c1ccccc1F)C2. The Morgan fingerprint density at radius 2 is 1.83 bits per heavy atom. The third-order valence-electron chi connectivity index (χ3n) is 4.61. The van der Waals surface area contributed by atoms with E-state index in [1.165, 1.54) is 18.9 Å². The molecule has 18 heavy (non-hydrogen) atoms. The number of ketones is 1. The maximum Gasteiger partial charge on any atom is 0.169 e. The van der Waals surface area contributed by atoms with Gasteiger partial charge in [0.2, 0.25) is 0 Å². The highest BCUT2D eigenvalue weighted by atomic mass is 19.1. The number of fused-ring (bicyclic) bond motifs is 2. The van der Waals surface area contributed by atoms with Gasteiger partial charge < -0.3 is 4.90 Å². The average molecular weight is 247 g/mol. The summed E-state index contributed by atoms with van der Waals surface area (Å²) in [5.41, 5.74) is 0.270. The number of nitrogens with zero attached hydrogens (tertiary/aromatic N) is 1. The summed E-state index contributed by atoms with van der Waals surface area (Å²) in [5, 5.41) is 0. The molecule has 3 heteroatoms. The maximum absolute atomic E-state index is 13.7. The summed E-state index contributed by atoms with van der Waals surface area (Å²) in [5.74, 6) is -0.373. The van der Waals surface area contributed by atoms with Gasteiger partial charge in [-0.15, -0.1) is 0 Å². The van der Waals surface area contributed by atoms with Crippen molar-refractivity contribution in [2.24, 2.45) is 5.92 Å². The van der Waals surface area contributed by atoms with E-state index in [4.69, 9.17) is 0 Å². The van der Waals surface area contributed by atoms with Crippen molar-refractivity contribution < 1.29 is 9.18 Å². The molecular weight excluding hydrogens is 229 g/mol. The summed E-state index contributed by atoms with van der Waals surface area (Å²) in [6, 6.07) is 7.38. The van der Waals surface area contributed by atoms with Gasteiger partial charge in [-0.05, 0) is 44.9 Å². The Hall–Kier alpha value is -1.22. The Bertz CT molecular complexity index is 459.